The van der Waals surface area contributed by atoms with Gasteiger partial charge in [0.15, 0.2) is 0 Å². The molecule has 6 nitrogen and oxygen atoms in total. The highest BCUT2D eigenvalue weighted by atomic mass is 16.5. The maximum absolute atomic E-state index is 13.4. The smallest absolute Gasteiger partial charge is 0.318 e. The van der Waals surface area contributed by atoms with Crippen molar-refractivity contribution in [3.05, 3.63) is 11.3 Å². The van der Waals surface area contributed by atoms with Gasteiger partial charge in [-0.05, 0) is 56.9 Å². The fraction of sp³-hybridized carbons (Fsp3) is 0.762. The minimum Gasteiger partial charge on any atom is -0.468 e. The molecule has 6 heteroatoms. The molecule has 2 amide bonds. The van der Waals surface area contributed by atoms with E-state index in [1.807, 2.05) is 9.80 Å². The van der Waals surface area contributed by atoms with Crippen molar-refractivity contribution < 1.29 is 19.1 Å². The lowest BCUT2D eigenvalue weighted by Gasteiger charge is -2.35. The molecule has 0 aromatic rings. The summed E-state index contributed by atoms with van der Waals surface area (Å²) in [6.07, 6.45) is 8.69. The van der Waals surface area contributed by atoms with Crippen LogP contribution in [0.1, 0.15) is 64.2 Å². The first kappa shape index (κ1) is 18.5. The summed E-state index contributed by atoms with van der Waals surface area (Å²) in [5.74, 6) is -0.964. The number of piperidine rings is 1. The summed E-state index contributed by atoms with van der Waals surface area (Å²) in [5.41, 5.74) is 1.19. The molecule has 148 valence electrons. The van der Waals surface area contributed by atoms with Crippen LogP contribution in [0.5, 0.6) is 0 Å². The molecule has 3 heterocycles. The Labute approximate surface area is 160 Å². The van der Waals surface area contributed by atoms with Crippen molar-refractivity contribution >= 4 is 17.8 Å². The molecule has 2 atom stereocenters. The van der Waals surface area contributed by atoms with E-state index in [1.165, 1.54) is 12.7 Å². The maximum Gasteiger partial charge on any atom is 0.318 e. The lowest BCUT2D eigenvalue weighted by atomic mass is 9.70. The van der Waals surface area contributed by atoms with E-state index in [0.717, 1.165) is 70.2 Å². The Hall–Kier alpha value is -1.85. The SMILES string of the molecule is COC(=O)[C@@]12CCCCC3=C1N(CCC3)C(=O)[C@H]2CC(=O)N1CCCCC1. The van der Waals surface area contributed by atoms with E-state index in [9.17, 15) is 14.4 Å². The summed E-state index contributed by atoms with van der Waals surface area (Å²) in [6.45, 7) is 2.19. The molecular formula is C21H30N2O4. The summed E-state index contributed by atoms with van der Waals surface area (Å²) in [5, 5.41) is 0. The largest absolute Gasteiger partial charge is 0.468 e. The van der Waals surface area contributed by atoms with E-state index in [4.69, 9.17) is 4.74 Å². The van der Waals surface area contributed by atoms with Gasteiger partial charge in [-0.2, -0.15) is 0 Å². The molecule has 0 spiro atoms. The number of ether oxygens (including phenoxy) is 1. The standard InChI is InChI=1S/C21H30N2O4/c1-27-20(26)21-10-4-3-8-15-9-7-13-23(18(15)21)19(25)16(21)14-17(24)22-11-5-2-6-12-22/h16H,2-14H2,1H3/t16-,21-/m1/s1. The van der Waals surface area contributed by atoms with Crippen LogP contribution in [0, 0.1) is 11.3 Å². The lowest BCUT2D eigenvalue weighted by molar-refractivity contribution is -0.156. The number of carbonyl (C=O) groups excluding carboxylic acids is 3. The van der Waals surface area contributed by atoms with Crippen molar-refractivity contribution in [1.29, 1.82) is 0 Å². The third kappa shape index (κ3) is 2.88. The number of likely N-dealkylation sites (tertiary alicyclic amines) is 1. The van der Waals surface area contributed by atoms with Crippen molar-refractivity contribution in [2.75, 3.05) is 26.7 Å². The third-order valence-electron chi connectivity index (χ3n) is 6.98. The van der Waals surface area contributed by atoms with Crippen LogP contribution in [0.4, 0.5) is 0 Å². The van der Waals surface area contributed by atoms with Crippen LogP contribution < -0.4 is 0 Å². The van der Waals surface area contributed by atoms with Gasteiger partial charge < -0.3 is 14.5 Å². The fourth-order valence-electron chi connectivity index (χ4n) is 5.72. The van der Waals surface area contributed by atoms with Crippen LogP contribution >= 0.6 is 0 Å². The summed E-state index contributed by atoms with van der Waals surface area (Å²) in [4.78, 5) is 43.2. The van der Waals surface area contributed by atoms with E-state index in [2.05, 4.69) is 0 Å². The maximum atomic E-state index is 13.4. The average molecular weight is 374 g/mol. The molecule has 0 aromatic heterocycles. The fourth-order valence-corrected chi connectivity index (χ4v) is 5.72. The van der Waals surface area contributed by atoms with Crippen LogP contribution in [0.25, 0.3) is 0 Å². The number of amides is 2. The molecule has 0 saturated carbocycles. The molecule has 3 aliphatic heterocycles. The first-order valence-electron chi connectivity index (χ1n) is 10.5. The molecule has 1 aliphatic carbocycles. The quantitative estimate of drug-likeness (QED) is 0.712. The van der Waals surface area contributed by atoms with E-state index in [-0.39, 0.29) is 24.2 Å². The minimum absolute atomic E-state index is 0.0163. The van der Waals surface area contributed by atoms with Gasteiger partial charge >= 0.3 is 5.97 Å². The summed E-state index contributed by atoms with van der Waals surface area (Å²) in [6, 6.07) is 0. The highest BCUT2D eigenvalue weighted by molar-refractivity contribution is 5.99. The predicted octanol–water partition coefficient (Wildman–Crippen LogP) is 2.63. The number of nitrogens with zero attached hydrogens (tertiary/aromatic N) is 2. The van der Waals surface area contributed by atoms with Crippen molar-refractivity contribution in [1.82, 2.24) is 9.80 Å². The van der Waals surface area contributed by atoms with Crippen LogP contribution in [0.2, 0.25) is 0 Å². The van der Waals surface area contributed by atoms with E-state index >= 15 is 0 Å². The van der Waals surface area contributed by atoms with Crippen molar-refractivity contribution in [3.8, 4) is 0 Å². The second-order valence-electron chi connectivity index (χ2n) is 8.41. The molecule has 4 aliphatic rings. The van der Waals surface area contributed by atoms with Gasteiger partial charge in [0.1, 0.15) is 5.41 Å². The van der Waals surface area contributed by atoms with Gasteiger partial charge in [-0.25, -0.2) is 0 Å². The molecule has 0 N–H and O–H groups in total. The number of esters is 1. The van der Waals surface area contributed by atoms with Crippen LogP contribution in [0.3, 0.4) is 0 Å². The average Bonchev–Trinajstić information content (AvgIpc) is 2.84. The zero-order valence-electron chi connectivity index (χ0n) is 16.3. The highest BCUT2D eigenvalue weighted by Crippen LogP contribution is 2.56. The van der Waals surface area contributed by atoms with Gasteiger partial charge in [0.05, 0.1) is 13.0 Å². The Kier molecular flexibility index (Phi) is 4.99. The van der Waals surface area contributed by atoms with Crippen LogP contribution in [0.15, 0.2) is 11.3 Å². The Bertz CT molecular complexity index is 680. The number of hydrogen-bond acceptors (Lipinski definition) is 4. The number of allylic oxidation sites excluding steroid dienone is 1. The second kappa shape index (κ2) is 7.28. The summed E-state index contributed by atoms with van der Waals surface area (Å²) >= 11 is 0. The number of hydrogen-bond donors (Lipinski definition) is 0. The highest BCUT2D eigenvalue weighted by Gasteiger charge is 2.63. The summed E-state index contributed by atoms with van der Waals surface area (Å²) < 4.78 is 5.24. The number of rotatable bonds is 3. The van der Waals surface area contributed by atoms with Gasteiger partial charge in [0, 0.05) is 31.8 Å². The van der Waals surface area contributed by atoms with E-state index in [1.54, 1.807) is 0 Å². The zero-order valence-corrected chi connectivity index (χ0v) is 16.3. The Morgan fingerprint density at radius 1 is 1.04 bits per heavy atom. The molecule has 0 bridgehead atoms. The zero-order chi connectivity index (χ0) is 19.0. The molecule has 2 fully saturated rings. The van der Waals surface area contributed by atoms with Crippen molar-refractivity contribution in [3.63, 3.8) is 0 Å². The minimum atomic E-state index is -0.955. The molecule has 0 aromatic carbocycles. The topological polar surface area (TPSA) is 66.9 Å². The van der Waals surface area contributed by atoms with Gasteiger partial charge in [-0.15, -0.1) is 0 Å². The van der Waals surface area contributed by atoms with Crippen molar-refractivity contribution in [2.24, 2.45) is 11.3 Å². The first-order chi connectivity index (χ1) is 13.1. The molecule has 27 heavy (non-hydrogen) atoms. The van der Waals surface area contributed by atoms with E-state index < -0.39 is 11.3 Å². The lowest BCUT2D eigenvalue weighted by Crippen LogP contribution is -2.43. The molecule has 4 rings (SSSR count). The first-order valence-corrected chi connectivity index (χ1v) is 10.5. The van der Waals surface area contributed by atoms with Gasteiger partial charge in [0.2, 0.25) is 11.8 Å². The number of methoxy groups -OCH3 is 1. The van der Waals surface area contributed by atoms with Gasteiger partial charge in [-0.3, -0.25) is 14.4 Å². The van der Waals surface area contributed by atoms with E-state index in [0.29, 0.717) is 13.0 Å². The van der Waals surface area contributed by atoms with Gasteiger partial charge in [0.25, 0.3) is 0 Å². The number of carbonyl (C=O) groups is 3. The van der Waals surface area contributed by atoms with Gasteiger partial charge in [-0.1, -0.05) is 6.42 Å². The monoisotopic (exact) mass is 374 g/mol. The summed E-state index contributed by atoms with van der Waals surface area (Å²) in [7, 11) is 1.40. The normalized spacial score (nSPS) is 30.9. The Morgan fingerprint density at radius 3 is 2.52 bits per heavy atom. The third-order valence-corrected chi connectivity index (χ3v) is 6.98. The Morgan fingerprint density at radius 2 is 1.78 bits per heavy atom. The molecule has 0 unspecified atom stereocenters. The molecule has 2 saturated heterocycles. The van der Waals surface area contributed by atoms with Crippen molar-refractivity contribution in [2.45, 2.75) is 64.2 Å². The molecule has 0 radical (unpaired) electrons. The van der Waals surface area contributed by atoms with Crippen LogP contribution in [-0.4, -0.2) is 54.3 Å². The Balaban J connectivity index is 1.73. The predicted molar refractivity (Wildman–Crippen MR) is 99.4 cm³/mol. The molecular weight excluding hydrogens is 344 g/mol. The second-order valence-corrected chi connectivity index (χ2v) is 8.41. The van der Waals surface area contributed by atoms with Crippen LogP contribution in [-0.2, 0) is 19.1 Å².